The Morgan fingerprint density at radius 2 is 1.80 bits per heavy atom. The van der Waals surface area contributed by atoms with Crippen LogP contribution in [0.25, 0.3) is 0 Å². The van der Waals surface area contributed by atoms with Crippen molar-refractivity contribution in [2.45, 2.75) is 32.7 Å². The van der Waals surface area contributed by atoms with Crippen molar-refractivity contribution in [1.82, 2.24) is 5.32 Å². The number of ether oxygens (including phenoxy) is 2. The average molecular weight is 301 g/mol. The maximum atomic E-state index is 11.9. The van der Waals surface area contributed by atoms with Crippen molar-refractivity contribution in [3.8, 4) is 11.5 Å². The highest BCUT2D eigenvalue weighted by Crippen LogP contribution is 2.35. The van der Waals surface area contributed by atoms with Crippen LogP contribution >= 0.6 is 11.6 Å². The highest BCUT2D eigenvalue weighted by atomic mass is 35.5. The van der Waals surface area contributed by atoms with Crippen LogP contribution in [-0.2, 0) is 0 Å². The lowest BCUT2D eigenvalue weighted by molar-refractivity contribution is 0.247. The fourth-order valence-corrected chi connectivity index (χ4v) is 2.03. The van der Waals surface area contributed by atoms with Gasteiger partial charge in [0, 0.05) is 18.2 Å². The van der Waals surface area contributed by atoms with E-state index in [1.807, 2.05) is 13.8 Å². The van der Waals surface area contributed by atoms with Crippen LogP contribution in [0.5, 0.6) is 11.5 Å². The number of carbonyl (C=O) groups excluding carboxylic acids is 1. The van der Waals surface area contributed by atoms with E-state index < -0.39 is 0 Å². The number of amides is 2. The van der Waals surface area contributed by atoms with E-state index in [0.717, 1.165) is 12.8 Å². The minimum atomic E-state index is -0.277. The average Bonchev–Trinajstić information content (AvgIpc) is 2.45. The van der Waals surface area contributed by atoms with Crippen LogP contribution in [0.15, 0.2) is 12.1 Å². The summed E-state index contributed by atoms with van der Waals surface area (Å²) in [5.74, 6) is 0.959. The summed E-state index contributed by atoms with van der Waals surface area (Å²) in [7, 11) is 3.03. The summed E-state index contributed by atoms with van der Waals surface area (Å²) in [5.41, 5.74) is 0.511. The van der Waals surface area contributed by atoms with E-state index in [4.69, 9.17) is 21.1 Å². The molecule has 0 bridgehead atoms. The molecule has 0 radical (unpaired) electrons. The fraction of sp³-hybridized carbons (Fsp3) is 0.500. The zero-order chi connectivity index (χ0) is 15.1. The van der Waals surface area contributed by atoms with Crippen molar-refractivity contribution in [2.24, 2.45) is 0 Å². The number of hydrogen-bond donors (Lipinski definition) is 2. The van der Waals surface area contributed by atoms with Gasteiger partial charge in [0.05, 0.1) is 24.9 Å². The molecule has 0 unspecified atom stereocenters. The number of carbonyl (C=O) groups is 1. The van der Waals surface area contributed by atoms with Gasteiger partial charge < -0.3 is 20.1 Å². The Balaban J connectivity index is 2.87. The molecule has 0 atom stereocenters. The van der Waals surface area contributed by atoms with Gasteiger partial charge in [0.25, 0.3) is 0 Å². The molecular weight excluding hydrogens is 280 g/mol. The van der Waals surface area contributed by atoms with Gasteiger partial charge in [-0.1, -0.05) is 25.4 Å². The second kappa shape index (κ2) is 7.85. The van der Waals surface area contributed by atoms with Gasteiger partial charge in [0.1, 0.15) is 11.5 Å². The van der Waals surface area contributed by atoms with E-state index in [-0.39, 0.29) is 12.1 Å². The first-order valence-corrected chi connectivity index (χ1v) is 6.92. The highest BCUT2D eigenvalue weighted by Gasteiger charge is 2.14. The Morgan fingerprint density at radius 3 is 2.30 bits per heavy atom. The van der Waals surface area contributed by atoms with E-state index in [0.29, 0.717) is 22.2 Å². The molecule has 0 aliphatic carbocycles. The Labute approximate surface area is 124 Å². The Kier molecular flexibility index (Phi) is 6.45. The number of rotatable bonds is 6. The lowest BCUT2D eigenvalue weighted by Crippen LogP contribution is -2.37. The van der Waals surface area contributed by atoms with Crippen molar-refractivity contribution in [2.75, 3.05) is 19.5 Å². The maximum absolute atomic E-state index is 11.9. The lowest BCUT2D eigenvalue weighted by atomic mass is 10.2. The van der Waals surface area contributed by atoms with Gasteiger partial charge in [0.15, 0.2) is 0 Å². The molecular formula is C14H21ClN2O3. The largest absolute Gasteiger partial charge is 0.495 e. The van der Waals surface area contributed by atoms with Crippen LogP contribution < -0.4 is 20.1 Å². The molecule has 6 heteroatoms. The van der Waals surface area contributed by atoms with E-state index in [2.05, 4.69) is 10.6 Å². The van der Waals surface area contributed by atoms with E-state index in [1.54, 1.807) is 12.1 Å². The summed E-state index contributed by atoms with van der Waals surface area (Å²) in [6.07, 6.45) is 1.76. The predicted molar refractivity (Wildman–Crippen MR) is 81.1 cm³/mol. The normalized spacial score (nSPS) is 10.3. The minimum absolute atomic E-state index is 0.148. The third-order valence-electron chi connectivity index (χ3n) is 3.04. The molecule has 0 spiro atoms. The molecule has 0 saturated carbocycles. The fourth-order valence-electron chi connectivity index (χ4n) is 1.79. The van der Waals surface area contributed by atoms with Crippen molar-refractivity contribution in [1.29, 1.82) is 0 Å². The topological polar surface area (TPSA) is 59.6 Å². The quantitative estimate of drug-likeness (QED) is 0.842. The molecule has 112 valence electrons. The first-order valence-electron chi connectivity index (χ1n) is 6.54. The molecule has 2 N–H and O–H groups in total. The SMILES string of the molecule is CCC(CC)NC(=O)Nc1cc(OC)c(Cl)cc1OC. The maximum Gasteiger partial charge on any atom is 0.319 e. The number of benzene rings is 1. The molecule has 0 aliphatic rings. The summed E-state index contributed by atoms with van der Waals surface area (Å²) in [6, 6.07) is 3.11. The Morgan fingerprint density at radius 1 is 1.20 bits per heavy atom. The Bertz CT molecular complexity index is 462. The number of methoxy groups -OCH3 is 2. The van der Waals surface area contributed by atoms with Crippen molar-refractivity contribution in [3.63, 3.8) is 0 Å². The number of halogens is 1. The van der Waals surface area contributed by atoms with Crippen LogP contribution in [0.4, 0.5) is 10.5 Å². The monoisotopic (exact) mass is 300 g/mol. The zero-order valence-electron chi connectivity index (χ0n) is 12.2. The number of nitrogens with one attached hydrogen (secondary N) is 2. The lowest BCUT2D eigenvalue weighted by Gasteiger charge is -2.17. The number of anilines is 1. The van der Waals surface area contributed by atoms with Crippen LogP contribution in [0.2, 0.25) is 5.02 Å². The molecule has 1 aromatic carbocycles. The molecule has 1 aromatic rings. The summed E-state index contributed by atoms with van der Waals surface area (Å²) in [4.78, 5) is 11.9. The highest BCUT2D eigenvalue weighted by molar-refractivity contribution is 6.32. The summed E-state index contributed by atoms with van der Waals surface area (Å²) >= 11 is 6.01. The standard InChI is InChI=1S/C14H21ClN2O3/c1-5-9(6-2)16-14(18)17-11-8-12(19-3)10(15)7-13(11)20-4/h7-9H,5-6H2,1-4H3,(H2,16,17,18). The minimum Gasteiger partial charge on any atom is -0.495 e. The molecule has 5 nitrogen and oxygen atoms in total. The zero-order valence-corrected chi connectivity index (χ0v) is 13.0. The van der Waals surface area contributed by atoms with Crippen molar-refractivity contribution < 1.29 is 14.3 Å². The summed E-state index contributed by atoms with van der Waals surface area (Å²) in [5, 5.41) is 6.06. The molecule has 1 rings (SSSR count). The number of hydrogen-bond acceptors (Lipinski definition) is 3. The van der Waals surface area contributed by atoms with Gasteiger partial charge in [-0.2, -0.15) is 0 Å². The first-order chi connectivity index (χ1) is 9.55. The third-order valence-corrected chi connectivity index (χ3v) is 3.34. The molecule has 0 aliphatic heterocycles. The molecule has 0 fully saturated rings. The molecule has 0 saturated heterocycles. The third kappa shape index (κ3) is 4.20. The van der Waals surface area contributed by atoms with Crippen molar-refractivity contribution >= 4 is 23.3 Å². The summed E-state index contributed by atoms with van der Waals surface area (Å²) in [6.45, 7) is 4.06. The van der Waals surface area contributed by atoms with Crippen LogP contribution in [0.3, 0.4) is 0 Å². The van der Waals surface area contributed by atoms with Gasteiger partial charge in [-0.3, -0.25) is 0 Å². The van der Waals surface area contributed by atoms with E-state index in [9.17, 15) is 4.79 Å². The first kappa shape index (κ1) is 16.4. The molecule has 0 aromatic heterocycles. The van der Waals surface area contributed by atoms with Gasteiger partial charge in [-0.05, 0) is 12.8 Å². The van der Waals surface area contributed by atoms with Crippen LogP contribution in [0, 0.1) is 0 Å². The second-order valence-corrected chi connectivity index (χ2v) is 4.71. The van der Waals surface area contributed by atoms with Crippen LogP contribution in [0.1, 0.15) is 26.7 Å². The predicted octanol–water partition coefficient (Wildman–Crippen LogP) is 3.67. The molecule has 20 heavy (non-hydrogen) atoms. The second-order valence-electron chi connectivity index (χ2n) is 4.30. The summed E-state index contributed by atoms with van der Waals surface area (Å²) < 4.78 is 10.3. The number of urea groups is 1. The van der Waals surface area contributed by atoms with Gasteiger partial charge in [0.2, 0.25) is 0 Å². The Hall–Kier alpha value is -1.62. The van der Waals surface area contributed by atoms with Crippen molar-refractivity contribution in [3.05, 3.63) is 17.2 Å². The smallest absolute Gasteiger partial charge is 0.319 e. The molecule has 2 amide bonds. The van der Waals surface area contributed by atoms with Gasteiger partial charge in [-0.15, -0.1) is 0 Å². The van der Waals surface area contributed by atoms with E-state index >= 15 is 0 Å². The van der Waals surface area contributed by atoms with Gasteiger partial charge >= 0.3 is 6.03 Å². The van der Waals surface area contributed by atoms with Crippen LogP contribution in [-0.4, -0.2) is 26.3 Å². The van der Waals surface area contributed by atoms with E-state index in [1.165, 1.54) is 14.2 Å². The van der Waals surface area contributed by atoms with Gasteiger partial charge in [-0.25, -0.2) is 4.79 Å². The molecule has 0 heterocycles.